The van der Waals surface area contributed by atoms with Crippen molar-refractivity contribution in [1.29, 1.82) is 0 Å². The zero-order valence-corrected chi connectivity index (χ0v) is 16.2. The maximum absolute atomic E-state index is 12.2. The highest BCUT2D eigenvalue weighted by Gasteiger charge is 2.30. The minimum atomic E-state index is -0.247. The first-order chi connectivity index (χ1) is 12.4. The molecular weight excluding hydrogens is 344 g/mol. The van der Waals surface area contributed by atoms with E-state index in [-0.39, 0.29) is 11.8 Å². The van der Waals surface area contributed by atoms with Gasteiger partial charge in [0, 0.05) is 18.3 Å². The third-order valence-corrected chi connectivity index (χ3v) is 5.06. The van der Waals surface area contributed by atoms with E-state index in [1.807, 2.05) is 74.3 Å². The van der Waals surface area contributed by atoms with Gasteiger partial charge in [0.25, 0.3) is 0 Å². The van der Waals surface area contributed by atoms with Gasteiger partial charge in [-0.2, -0.15) is 0 Å². The van der Waals surface area contributed by atoms with E-state index in [9.17, 15) is 4.79 Å². The highest BCUT2D eigenvalue weighted by molar-refractivity contribution is 7.80. The molecule has 2 aromatic carbocycles. The predicted octanol–water partition coefficient (Wildman–Crippen LogP) is 4.51. The van der Waals surface area contributed by atoms with Crippen molar-refractivity contribution in [3.8, 4) is 11.5 Å². The van der Waals surface area contributed by atoms with Crippen LogP contribution < -0.4 is 10.1 Å². The topological polar surface area (TPSA) is 41.6 Å². The first-order valence-corrected chi connectivity index (χ1v) is 8.88. The molecule has 4 nitrogen and oxygen atoms in total. The van der Waals surface area contributed by atoms with Crippen molar-refractivity contribution in [2.45, 2.75) is 26.8 Å². The van der Waals surface area contributed by atoms with Gasteiger partial charge < -0.3 is 15.0 Å². The minimum absolute atomic E-state index is 0.0367. The van der Waals surface area contributed by atoms with Crippen molar-refractivity contribution in [1.82, 2.24) is 10.2 Å². The van der Waals surface area contributed by atoms with Gasteiger partial charge in [0.2, 0.25) is 0 Å². The van der Waals surface area contributed by atoms with Gasteiger partial charge in [-0.15, -0.1) is 0 Å². The van der Waals surface area contributed by atoms with Crippen molar-refractivity contribution in [3.63, 3.8) is 0 Å². The molecule has 0 saturated heterocycles. The molecule has 0 aromatic heterocycles. The summed E-state index contributed by atoms with van der Waals surface area (Å²) in [5, 5.41) is 3.87. The highest BCUT2D eigenvalue weighted by atomic mass is 32.1. The molecule has 0 radical (unpaired) electrons. The van der Waals surface area contributed by atoms with Crippen LogP contribution in [0.4, 0.5) is 0 Å². The summed E-state index contributed by atoms with van der Waals surface area (Å²) in [5.41, 5.74) is 3.67. The molecule has 0 saturated carbocycles. The second-order valence-electron chi connectivity index (χ2n) is 6.43. The number of ether oxygens (including phenoxy) is 1. The molecule has 1 atom stereocenters. The van der Waals surface area contributed by atoms with Crippen LogP contribution in [0.3, 0.4) is 0 Å². The van der Waals surface area contributed by atoms with E-state index in [2.05, 4.69) is 5.32 Å². The molecular formula is C21H22N2O2S. The number of para-hydroxylation sites is 1. The smallest absolute Gasteiger partial charge is 0.173 e. The second kappa shape index (κ2) is 7.30. The van der Waals surface area contributed by atoms with Crippen molar-refractivity contribution in [3.05, 3.63) is 70.9 Å². The van der Waals surface area contributed by atoms with Crippen LogP contribution >= 0.6 is 12.2 Å². The lowest BCUT2D eigenvalue weighted by Crippen LogP contribution is -2.45. The summed E-state index contributed by atoms with van der Waals surface area (Å²) < 4.78 is 5.95. The summed E-state index contributed by atoms with van der Waals surface area (Å²) in [6, 6.07) is 15.4. The van der Waals surface area contributed by atoms with Crippen molar-refractivity contribution in [2.24, 2.45) is 0 Å². The van der Waals surface area contributed by atoms with Crippen LogP contribution in [-0.4, -0.2) is 22.8 Å². The van der Waals surface area contributed by atoms with Crippen molar-refractivity contribution < 1.29 is 9.53 Å². The summed E-state index contributed by atoms with van der Waals surface area (Å²) in [6.45, 7) is 5.53. The lowest BCUT2D eigenvalue weighted by atomic mass is 9.92. The fraction of sp³-hybridized carbons (Fsp3) is 0.238. The van der Waals surface area contributed by atoms with Crippen molar-refractivity contribution in [2.75, 3.05) is 7.05 Å². The van der Waals surface area contributed by atoms with Crippen LogP contribution in [0, 0.1) is 6.92 Å². The number of Topliss-reactive ketones (excluding diaryl/α,β-unsaturated/α-hetero) is 1. The van der Waals surface area contributed by atoms with Gasteiger partial charge in [0.1, 0.15) is 11.5 Å². The van der Waals surface area contributed by atoms with Gasteiger partial charge in [0.15, 0.2) is 10.9 Å². The van der Waals surface area contributed by atoms with Crippen LogP contribution in [-0.2, 0) is 4.79 Å². The number of carbonyl (C=O) groups is 1. The van der Waals surface area contributed by atoms with Gasteiger partial charge in [-0.1, -0.05) is 30.3 Å². The Labute approximate surface area is 159 Å². The van der Waals surface area contributed by atoms with E-state index in [4.69, 9.17) is 17.0 Å². The highest BCUT2D eigenvalue weighted by Crippen LogP contribution is 2.32. The lowest BCUT2D eigenvalue weighted by Gasteiger charge is -2.35. The monoisotopic (exact) mass is 366 g/mol. The molecule has 0 fully saturated rings. The average molecular weight is 366 g/mol. The normalized spacial score (nSPS) is 17.2. The molecule has 134 valence electrons. The molecule has 3 rings (SSSR count). The quantitative estimate of drug-likeness (QED) is 0.806. The van der Waals surface area contributed by atoms with Crippen LogP contribution in [0.5, 0.6) is 11.5 Å². The molecule has 1 heterocycles. The number of benzene rings is 2. The summed E-state index contributed by atoms with van der Waals surface area (Å²) in [5.74, 6) is 1.62. The predicted molar refractivity (Wildman–Crippen MR) is 107 cm³/mol. The van der Waals surface area contributed by atoms with E-state index in [0.717, 1.165) is 33.9 Å². The summed E-state index contributed by atoms with van der Waals surface area (Å²) in [4.78, 5) is 14.0. The zero-order chi connectivity index (χ0) is 18.8. The number of nitrogens with zero attached hydrogens (tertiary/aromatic N) is 1. The Bertz CT molecular complexity index is 887. The number of allylic oxidation sites excluding steroid dienone is 1. The first-order valence-electron chi connectivity index (χ1n) is 8.48. The molecule has 1 aliphatic rings. The number of carbonyl (C=O) groups excluding carboxylic acids is 1. The third kappa shape index (κ3) is 3.48. The summed E-state index contributed by atoms with van der Waals surface area (Å²) in [6.07, 6.45) is 0. The van der Waals surface area contributed by atoms with Gasteiger partial charge in [-0.3, -0.25) is 4.79 Å². The Kier molecular flexibility index (Phi) is 5.09. The molecule has 0 aliphatic carbocycles. The molecule has 0 amide bonds. The van der Waals surface area contributed by atoms with Crippen LogP contribution in [0.1, 0.15) is 31.0 Å². The van der Waals surface area contributed by atoms with Gasteiger partial charge in [0.05, 0.1) is 6.04 Å². The Morgan fingerprint density at radius 1 is 1.12 bits per heavy atom. The fourth-order valence-electron chi connectivity index (χ4n) is 3.07. The number of hydrogen-bond donors (Lipinski definition) is 1. The number of ketones is 1. The molecule has 0 bridgehead atoms. The lowest BCUT2D eigenvalue weighted by molar-refractivity contribution is -0.114. The van der Waals surface area contributed by atoms with Gasteiger partial charge >= 0.3 is 0 Å². The zero-order valence-electron chi connectivity index (χ0n) is 15.4. The van der Waals surface area contributed by atoms with E-state index in [0.29, 0.717) is 5.11 Å². The minimum Gasteiger partial charge on any atom is -0.457 e. The summed E-state index contributed by atoms with van der Waals surface area (Å²) in [7, 11) is 1.86. The van der Waals surface area contributed by atoms with Crippen molar-refractivity contribution >= 4 is 23.1 Å². The van der Waals surface area contributed by atoms with Crippen LogP contribution in [0.25, 0.3) is 0 Å². The number of hydrogen-bond acceptors (Lipinski definition) is 3. The molecule has 0 spiro atoms. The number of rotatable bonds is 4. The maximum Gasteiger partial charge on any atom is 0.173 e. The Morgan fingerprint density at radius 2 is 1.77 bits per heavy atom. The standard InChI is InChI=1S/C21H22N2O2S/c1-13-7-5-6-8-18(13)25-17-11-9-16(10-12-17)20-19(15(3)24)14(2)23(4)21(26)22-20/h5-12,20H,1-4H3,(H,22,26). The molecule has 2 aromatic rings. The van der Waals surface area contributed by atoms with Gasteiger partial charge in [-0.05, 0) is 62.3 Å². The second-order valence-corrected chi connectivity index (χ2v) is 6.82. The number of thiocarbonyl (C=S) groups is 1. The Hall–Kier alpha value is -2.66. The van der Waals surface area contributed by atoms with E-state index < -0.39 is 0 Å². The maximum atomic E-state index is 12.2. The largest absolute Gasteiger partial charge is 0.457 e. The Morgan fingerprint density at radius 3 is 2.38 bits per heavy atom. The molecule has 1 aliphatic heterocycles. The third-order valence-electron chi connectivity index (χ3n) is 4.67. The molecule has 26 heavy (non-hydrogen) atoms. The van der Waals surface area contributed by atoms with Crippen LogP contribution in [0.2, 0.25) is 0 Å². The number of aryl methyl sites for hydroxylation is 1. The molecule has 1 N–H and O–H groups in total. The summed E-state index contributed by atoms with van der Waals surface area (Å²) >= 11 is 5.39. The average Bonchev–Trinajstić information content (AvgIpc) is 2.61. The van der Waals surface area contributed by atoms with E-state index in [1.54, 1.807) is 6.92 Å². The fourth-order valence-corrected chi connectivity index (χ4v) is 3.32. The van der Waals surface area contributed by atoms with Gasteiger partial charge in [-0.25, -0.2) is 0 Å². The first kappa shape index (κ1) is 18.1. The molecule has 1 unspecified atom stereocenters. The van der Waals surface area contributed by atoms with E-state index in [1.165, 1.54) is 0 Å². The van der Waals surface area contributed by atoms with E-state index >= 15 is 0 Å². The Balaban J connectivity index is 1.89. The number of nitrogens with one attached hydrogen (secondary N) is 1. The SMILES string of the molecule is CC(=O)C1=C(C)N(C)C(=S)NC1c1ccc(Oc2ccccc2C)cc1. The van der Waals surface area contributed by atoms with Crippen LogP contribution in [0.15, 0.2) is 59.8 Å². The molecule has 5 heteroatoms.